The molecule has 2 rings (SSSR count). The summed E-state index contributed by atoms with van der Waals surface area (Å²) < 4.78 is 10.8. The van der Waals surface area contributed by atoms with Gasteiger partial charge in [0.1, 0.15) is 12.4 Å². The maximum absolute atomic E-state index is 11.2. The van der Waals surface area contributed by atoms with Crippen LogP contribution >= 0.6 is 15.9 Å². The van der Waals surface area contributed by atoms with Gasteiger partial charge in [-0.15, -0.1) is 0 Å². The molecule has 0 aliphatic rings. The van der Waals surface area contributed by atoms with Crippen LogP contribution in [0.15, 0.2) is 33.3 Å². The zero-order valence-electron chi connectivity index (χ0n) is 10.4. The highest BCUT2D eigenvalue weighted by atomic mass is 79.9. The molecule has 1 aromatic carbocycles. The SMILES string of the molecule is NNC(=O)c1cc(COc2cc([N+](=O)[O-])ccc2Br)on1. The molecule has 0 aliphatic carbocycles. The van der Waals surface area contributed by atoms with E-state index < -0.39 is 10.8 Å². The third kappa shape index (κ3) is 3.55. The number of benzene rings is 1. The van der Waals surface area contributed by atoms with Crippen molar-refractivity contribution in [1.82, 2.24) is 10.6 Å². The Kier molecular flexibility index (Phi) is 4.50. The van der Waals surface area contributed by atoms with Gasteiger partial charge in [-0.05, 0) is 22.0 Å². The lowest BCUT2D eigenvalue weighted by Gasteiger charge is -2.05. The number of nitrogens with zero attached hydrogens (tertiary/aromatic N) is 2. The summed E-state index contributed by atoms with van der Waals surface area (Å²) in [5.41, 5.74) is 1.82. The van der Waals surface area contributed by atoms with Crippen LogP contribution < -0.4 is 16.0 Å². The number of nitrogens with two attached hydrogens (primary N) is 1. The van der Waals surface area contributed by atoms with Crippen molar-refractivity contribution in [3.8, 4) is 5.75 Å². The fraction of sp³-hybridized carbons (Fsp3) is 0.0909. The smallest absolute Gasteiger partial charge is 0.287 e. The van der Waals surface area contributed by atoms with Crippen molar-refractivity contribution in [3.05, 3.63) is 50.3 Å². The van der Waals surface area contributed by atoms with Crippen molar-refractivity contribution in [3.63, 3.8) is 0 Å². The number of rotatable bonds is 5. The van der Waals surface area contributed by atoms with Crippen LogP contribution in [-0.4, -0.2) is 16.0 Å². The Balaban J connectivity index is 2.09. The molecule has 0 saturated heterocycles. The Labute approximate surface area is 126 Å². The molecular formula is C11H9BrN4O5. The van der Waals surface area contributed by atoms with Gasteiger partial charge >= 0.3 is 0 Å². The van der Waals surface area contributed by atoms with Crippen molar-refractivity contribution in [2.24, 2.45) is 5.84 Å². The van der Waals surface area contributed by atoms with Gasteiger partial charge in [-0.1, -0.05) is 5.16 Å². The highest BCUT2D eigenvalue weighted by molar-refractivity contribution is 9.10. The van der Waals surface area contributed by atoms with E-state index in [0.717, 1.165) is 0 Å². The van der Waals surface area contributed by atoms with Crippen LogP contribution in [0, 0.1) is 10.1 Å². The summed E-state index contributed by atoms with van der Waals surface area (Å²) >= 11 is 3.22. The molecule has 0 spiro atoms. The Bertz CT molecular complexity index is 687. The summed E-state index contributed by atoms with van der Waals surface area (Å²) in [6.45, 7) is -0.0510. The molecule has 1 heterocycles. The Morgan fingerprint density at radius 1 is 1.52 bits per heavy atom. The van der Waals surface area contributed by atoms with Crippen molar-refractivity contribution in [2.45, 2.75) is 6.61 Å². The van der Waals surface area contributed by atoms with E-state index in [1.54, 1.807) is 0 Å². The third-order valence-corrected chi connectivity index (χ3v) is 3.07. The molecule has 0 bridgehead atoms. The van der Waals surface area contributed by atoms with E-state index in [4.69, 9.17) is 15.1 Å². The lowest BCUT2D eigenvalue weighted by Crippen LogP contribution is -2.30. The number of nitro groups is 1. The molecule has 10 heteroatoms. The highest BCUT2D eigenvalue weighted by Gasteiger charge is 2.14. The van der Waals surface area contributed by atoms with Gasteiger partial charge < -0.3 is 9.26 Å². The summed E-state index contributed by atoms with van der Waals surface area (Å²) in [5.74, 6) is 4.90. The van der Waals surface area contributed by atoms with Gasteiger partial charge in [0.25, 0.3) is 11.6 Å². The largest absolute Gasteiger partial charge is 0.484 e. The van der Waals surface area contributed by atoms with Crippen LogP contribution in [0.3, 0.4) is 0 Å². The monoisotopic (exact) mass is 356 g/mol. The number of ether oxygens (including phenoxy) is 1. The minimum Gasteiger partial charge on any atom is -0.484 e. The van der Waals surface area contributed by atoms with Gasteiger partial charge in [-0.25, -0.2) is 5.84 Å². The number of halogens is 1. The Hall–Kier alpha value is -2.46. The number of nitrogen functional groups attached to an aromatic ring is 1. The van der Waals surface area contributed by atoms with Gasteiger partial charge in [-0.3, -0.25) is 20.3 Å². The fourth-order valence-corrected chi connectivity index (χ4v) is 1.79. The van der Waals surface area contributed by atoms with Gasteiger partial charge in [0.15, 0.2) is 11.5 Å². The van der Waals surface area contributed by atoms with Crippen molar-refractivity contribution < 1.29 is 19.0 Å². The van der Waals surface area contributed by atoms with E-state index in [9.17, 15) is 14.9 Å². The molecule has 0 atom stereocenters. The summed E-state index contributed by atoms with van der Waals surface area (Å²) in [7, 11) is 0. The van der Waals surface area contributed by atoms with E-state index in [0.29, 0.717) is 4.47 Å². The molecule has 0 fully saturated rings. The number of aromatic nitrogens is 1. The highest BCUT2D eigenvalue weighted by Crippen LogP contribution is 2.29. The van der Waals surface area contributed by atoms with Crippen LogP contribution in [0.25, 0.3) is 0 Å². The number of amides is 1. The van der Waals surface area contributed by atoms with E-state index in [2.05, 4.69) is 21.1 Å². The first-order valence-electron chi connectivity index (χ1n) is 5.54. The van der Waals surface area contributed by atoms with E-state index in [1.165, 1.54) is 24.3 Å². The van der Waals surface area contributed by atoms with Crippen LogP contribution in [0.4, 0.5) is 5.69 Å². The maximum atomic E-state index is 11.2. The third-order valence-electron chi connectivity index (χ3n) is 2.42. The van der Waals surface area contributed by atoms with Crippen molar-refractivity contribution in [1.29, 1.82) is 0 Å². The second-order valence-corrected chi connectivity index (χ2v) is 4.67. The first-order valence-corrected chi connectivity index (χ1v) is 6.34. The van der Waals surface area contributed by atoms with Crippen LogP contribution in [0.2, 0.25) is 0 Å². The standard InChI is InChI=1S/C11H9BrN4O5/c12-8-2-1-6(16(18)19)3-10(8)20-5-7-4-9(15-21-7)11(17)14-13/h1-4H,5,13H2,(H,14,17). The van der Waals surface area contributed by atoms with Gasteiger partial charge in [-0.2, -0.15) is 0 Å². The number of carbonyl (C=O) groups excluding carboxylic acids is 1. The molecular weight excluding hydrogens is 348 g/mol. The lowest BCUT2D eigenvalue weighted by atomic mass is 10.3. The number of hydrazine groups is 1. The molecule has 1 aromatic heterocycles. The topological polar surface area (TPSA) is 134 Å². The van der Waals surface area contributed by atoms with Gasteiger partial charge in [0, 0.05) is 12.1 Å². The fourth-order valence-electron chi connectivity index (χ4n) is 1.43. The van der Waals surface area contributed by atoms with E-state index in [-0.39, 0.29) is 29.5 Å². The zero-order valence-corrected chi connectivity index (χ0v) is 12.0. The summed E-state index contributed by atoms with van der Waals surface area (Å²) in [6, 6.07) is 5.47. The molecule has 3 N–H and O–H groups in total. The molecule has 0 saturated carbocycles. The normalized spacial score (nSPS) is 10.2. The summed E-state index contributed by atoms with van der Waals surface area (Å²) in [6.07, 6.45) is 0. The average molecular weight is 357 g/mol. The molecule has 21 heavy (non-hydrogen) atoms. The summed E-state index contributed by atoms with van der Waals surface area (Å²) in [5, 5.41) is 14.2. The predicted molar refractivity (Wildman–Crippen MR) is 73.3 cm³/mol. The Morgan fingerprint density at radius 2 is 2.29 bits per heavy atom. The number of carbonyl (C=O) groups is 1. The number of hydrogen-bond acceptors (Lipinski definition) is 7. The molecule has 110 valence electrons. The molecule has 0 radical (unpaired) electrons. The number of non-ortho nitro benzene ring substituents is 1. The Morgan fingerprint density at radius 3 is 2.95 bits per heavy atom. The lowest BCUT2D eigenvalue weighted by molar-refractivity contribution is -0.385. The van der Waals surface area contributed by atoms with Crippen LogP contribution in [0.5, 0.6) is 5.75 Å². The van der Waals surface area contributed by atoms with Crippen LogP contribution in [0.1, 0.15) is 16.2 Å². The molecule has 2 aromatic rings. The van der Waals surface area contributed by atoms with E-state index >= 15 is 0 Å². The minimum absolute atomic E-state index is 0.00853. The quantitative estimate of drug-likeness (QED) is 0.359. The summed E-state index contributed by atoms with van der Waals surface area (Å²) in [4.78, 5) is 21.4. The van der Waals surface area contributed by atoms with Gasteiger partial charge in [0.05, 0.1) is 15.5 Å². The first-order chi connectivity index (χ1) is 10.0. The minimum atomic E-state index is -0.596. The predicted octanol–water partition coefficient (Wildman–Crippen LogP) is 1.53. The average Bonchev–Trinajstić information content (AvgIpc) is 2.94. The molecule has 0 aliphatic heterocycles. The zero-order chi connectivity index (χ0) is 15.4. The van der Waals surface area contributed by atoms with Crippen molar-refractivity contribution in [2.75, 3.05) is 0 Å². The number of nitrogens with one attached hydrogen (secondary N) is 1. The number of hydrogen-bond donors (Lipinski definition) is 2. The second kappa shape index (κ2) is 6.33. The second-order valence-electron chi connectivity index (χ2n) is 3.81. The molecule has 1 amide bonds. The van der Waals surface area contributed by atoms with Crippen LogP contribution in [-0.2, 0) is 6.61 Å². The first kappa shape index (κ1) is 14.9. The maximum Gasteiger partial charge on any atom is 0.287 e. The number of nitro benzene ring substituents is 1. The molecule has 0 unspecified atom stereocenters. The van der Waals surface area contributed by atoms with Crippen molar-refractivity contribution >= 4 is 27.5 Å². The molecule has 9 nitrogen and oxygen atoms in total. The van der Waals surface area contributed by atoms with E-state index in [1.807, 2.05) is 5.43 Å². The van der Waals surface area contributed by atoms with Gasteiger partial charge in [0.2, 0.25) is 0 Å².